The lowest BCUT2D eigenvalue weighted by Crippen LogP contribution is -2.03. The second-order valence-corrected chi connectivity index (χ2v) is 6.00. The number of hydrogen-bond donors (Lipinski definition) is 2. The molecule has 0 unspecified atom stereocenters. The number of benzene rings is 2. The Morgan fingerprint density at radius 1 is 1.04 bits per heavy atom. The standard InChI is InChI=1S/C19H17ClN4O2/c1-12-4-3-5-14(8-12)23-17-10-18(22-11-21-17)24-16-9-13(19(25)26-2)6-7-15(16)20/h3-11H,1-2H3,(H2,21,22,23,24). The molecule has 0 aliphatic carbocycles. The van der Waals surface area contributed by atoms with Crippen LogP contribution < -0.4 is 10.6 Å². The number of esters is 1. The molecule has 2 aromatic carbocycles. The zero-order valence-corrected chi connectivity index (χ0v) is 15.0. The van der Waals surface area contributed by atoms with E-state index < -0.39 is 5.97 Å². The Bertz CT molecular complexity index is 946. The molecule has 0 amide bonds. The number of hydrogen-bond acceptors (Lipinski definition) is 6. The van der Waals surface area contributed by atoms with Crippen LogP contribution in [0.2, 0.25) is 5.02 Å². The van der Waals surface area contributed by atoms with Crippen LogP contribution in [0.25, 0.3) is 0 Å². The third-order valence-corrected chi connectivity index (χ3v) is 3.94. The summed E-state index contributed by atoms with van der Waals surface area (Å²) in [5.41, 5.74) is 3.02. The predicted octanol–water partition coefficient (Wildman–Crippen LogP) is 4.71. The fourth-order valence-electron chi connectivity index (χ4n) is 2.37. The van der Waals surface area contributed by atoms with Crippen molar-refractivity contribution in [2.75, 3.05) is 17.7 Å². The zero-order chi connectivity index (χ0) is 18.5. The number of anilines is 4. The molecular weight excluding hydrogens is 352 g/mol. The number of halogens is 1. The van der Waals surface area contributed by atoms with E-state index in [1.165, 1.54) is 13.4 Å². The van der Waals surface area contributed by atoms with Crippen LogP contribution in [0.5, 0.6) is 0 Å². The SMILES string of the molecule is COC(=O)c1ccc(Cl)c(Nc2cc(Nc3cccc(C)c3)ncn2)c1. The molecule has 7 heteroatoms. The zero-order valence-electron chi connectivity index (χ0n) is 14.3. The van der Waals surface area contributed by atoms with E-state index in [0.717, 1.165) is 11.3 Å². The molecule has 0 aliphatic rings. The Labute approximate surface area is 156 Å². The van der Waals surface area contributed by atoms with Crippen molar-refractivity contribution in [3.8, 4) is 0 Å². The van der Waals surface area contributed by atoms with Crippen LogP contribution in [0.1, 0.15) is 15.9 Å². The van der Waals surface area contributed by atoms with Gasteiger partial charge in [-0.1, -0.05) is 23.7 Å². The minimum atomic E-state index is -0.436. The van der Waals surface area contributed by atoms with E-state index in [1.807, 2.05) is 31.2 Å². The average molecular weight is 369 g/mol. The highest BCUT2D eigenvalue weighted by Crippen LogP contribution is 2.27. The second kappa shape index (κ2) is 7.84. The Morgan fingerprint density at radius 2 is 1.81 bits per heavy atom. The molecule has 0 radical (unpaired) electrons. The molecule has 1 heterocycles. The first-order valence-corrected chi connectivity index (χ1v) is 8.23. The van der Waals surface area contributed by atoms with Gasteiger partial charge in [-0.2, -0.15) is 0 Å². The van der Waals surface area contributed by atoms with E-state index in [2.05, 4.69) is 20.6 Å². The van der Waals surface area contributed by atoms with E-state index in [9.17, 15) is 4.79 Å². The number of rotatable bonds is 5. The highest BCUT2D eigenvalue weighted by Gasteiger charge is 2.10. The molecule has 0 spiro atoms. The maximum Gasteiger partial charge on any atom is 0.337 e. The largest absolute Gasteiger partial charge is 0.465 e. The summed E-state index contributed by atoms with van der Waals surface area (Å²) in [5, 5.41) is 6.79. The molecule has 132 valence electrons. The van der Waals surface area contributed by atoms with Crippen molar-refractivity contribution in [1.82, 2.24) is 9.97 Å². The molecule has 3 rings (SSSR count). The molecule has 6 nitrogen and oxygen atoms in total. The minimum Gasteiger partial charge on any atom is -0.465 e. The average Bonchev–Trinajstić information content (AvgIpc) is 2.63. The lowest BCUT2D eigenvalue weighted by atomic mass is 10.2. The number of carbonyl (C=O) groups excluding carboxylic acids is 1. The molecule has 26 heavy (non-hydrogen) atoms. The fraction of sp³-hybridized carbons (Fsp3) is 0.105. The summed E-state index contributed by atoms with van der Waals surface area (Å²) < 4.78 is 4.73. The maximum absolute atomic E-state index is 11.7. The second-order valence-electron chi connectivity index (χ2n) is 5.59. The van der Waals surface area contributed by atoms with Gasteiger partial charge in [0.15, 0.2) is 0 Å². The first-order chi connectivity index (χ1) is 12.5. The van der Waals surface area contributed by atoms with Crippen LogP contribution in [0, 0.1) is 6.92 Å². The molecule has 0 saturated carbocycles. The van der Waals surface area contributed by atoms with E-state index in [-0.39, 0.29) is 0 Å². The molecule has 1 aromatic heterocycles. The number of aromatic nitrogens is 2. The van der Waals surface area contributed by atoms with Gasteiger partial charge in [0.1, 0.15) is 18.0 Å². The normalized spacial score (nSPS) is 10.3. The molecule has 0 aliphatic heterocycles. The van der Waals surface area contributed by atoms with Crippen molar-refractivity contribution in [3.05, 3.63) is 71.0 Å². The van der Waals surface area contributed by atoms with Crippen LogP contribution >= 0.6 is 11.6 Å². The van der Waals surface area contributed by atoms with Gasteiger partial charge in [-0.25, -0.2) is 14.8 Å². The van der Waals surface area contributed by atoms with Crippen molar-refractivity contribution in [2.24, 2.45) is 0 Å². The molecule has 0 saturated heterocycles. The van der Waals surface area contributed by atoms with Gasteiger partial charge in [0.05, 0.1) is 23.4 Å². The van der Waals surface area contributed by atoms with Gasteiger partial charge in [0.25, 0.3) is 0 Å². The monoisotopic (exact) mass is 368 g/mol. The van der Waals surface area contributed by atoms with Gasteiger partial charge in [0, 0.05) is 11.8 Å². The van der Waals surface area contributed by atoms with Gasteiger partial charge < -0.3 is 15.4 Å². The first kappa shape index (κ1) is 17.7. The lowest BCUT2D eigenvalue weighted by Gasteiger charge is -2.11. The highest BCUT2D eigenvalue weighted by atomic mass is 35.5. The molecule has 0 atom stereocenters. The van der Waals surface area contributed by atoms with E-state index in [4.69, 9.17) is 16.3 Å². The smallest absolute Gasteiger partial charge is 0.337 e. The molecule has 2 N–H and O–H groups in total. The van der Waals surface area contributed by atoms with Crippen molar-refractivity contribution in [1.29, 1.82) is 0 Å². The first-order valence-electron chi connectivity index (χ1n) is 7.86. The number of nitrogens with zero attached hydrogens (tertiary/aromatic N) is 2. The predicted molar refractivity (Wildman–Crippen MR) is 103 cm³/mol. The molecule has 0 fully saturated rings. The number of carbonyl (C=O) groups is 1. The van der Waals surface area contributed by atoms with E-state index in [0.29, 0.717) is 27.9 Å². The van der Waals surface area contributed by atoms with Crippen LogP contribution in [0.3, 0.4) is 0 Å². The maximum atomic E-state index is 11.7. The third-order valence-electron chi connectivity index (χ3n) is 3.61. The minimum absolute atomic E-state index is 0.395. The number of aryl methyl sites for hydroxylation is 1. The Hall–Kier alpha value is -3.12. The van der Waals surface area contributed by atoms with Gasteiger partial charge in [-0.05, 0) is 42.8 Å². The summed E-state index contributed by atoms with van der Waals surface area (Å²) in [5.74, 6) is 0.738. The quantitative estimate of drug-likeness (QED) is 0.635. The molecule has 3 aromatic rings. The summed E-state index contributed by atoms with van der Waals surface area (Å²) in [6.07, 6.45) is 1.44. The third kappa shape index (κ3) is 4.29. The number of nitrogens with one attached hydrogen (secondary N) is 2. The molecular formula is C19H17ClN4O2. The lowest BCUT2D eigenvalue weighted by molar-refractivity contribution is 0.0601. The molecule has 0 bridgehead atoms. The topological polar surface area (TPSA) is 76.1 Å². The number of methoxy groups -OCH3 is 1. The number of ether oxygens (including phenoxy) is 1. The van der Waals surface area contributed by atoms with Crippen LogP contribution in [-0.4, -0.2) is 23.0 Å². The van der Waals surface area contributed by atoms with Crippen molar-refractivity contribution < 1.29 is 9.53 Å². The van der Waals surface area contributed by atoms with Gasteiger partial charge in [0.2, 0.25) is 0 Å². The van der Waals surface area contributed by atoms with Crippen LogP contribution in [-0.2, 0) is 4.74 Å². The Morgan fingerprint density at radius 3 is 2.54 bits per heavy atom. The van der Waals surface area contributed by atoms with Crippen molar-refractivity contribution in [3.63, 3.8) is 0 Å². The fourth-order valence-corrected chi connectivity index (χ4v) is 2.53. The van der Waals surface area contributed by atoms with Crippen LogP contribution in [0.15, 0.2) is 54.9 Å². The highest BCUT2D eigenvalue weighted by molar-refractivity contribution is 6.33. The summed E-state index contributed by atoms with van der Waals surface area (Å²) >= 11 is 6.21. The Balaban J connectivity index is 1.82. The van der Waals surface area contributed by atoms with Gasteiger partial charge >= 0.3 is 5.97 Å². The Kier molecular flexibility index (Phi) is 5.34. The summed E-state index contributed by atoms with van der Waals surface area (Å²) in [6, 6.07) is 14.6. The summed E-state index contributed by atoms with van der Waals surface area (Å²) in [7, 11) is 1.33. The van der Waals surface area contributed by atoms with Crippen LogP contribution in [0.4, 0.5) is 23.0 Å². The van der Waals surface area contributed by atoms with E-state index in [1.54, 1.807) is 24.3 Å². The van der Waals surface area contributed by atoms with Crippen molar-refractivity contribution in [2.45, 2.75) is 6.92 Å². The summed E-state index contributed by atoms with van der Waals surface area (Å²) in [4.78, 5) is 20.1. The van der Waals surface area contributed by atoms with E-state index >= 15 is 0 Å². The van der Waals surface area contributed by atoms with Gasteiger partial charge in [-0.3, -0.25) is 0 Å². The van der Waals surface area contributed by atoms with Gasteiger partial charge in [-0.15, -0.1) is 0 Å². The van der Waals surface area contributed by atoms with Crippen molar-refractivity contribution >= 4 is 40.6 Å². The summed E-state index contributed by atoms with van der Waals surface area (Å²) in [6.45, 7) is 2.02.